The monoisotopic (exact) mass is 270 g/mol. The van der Waals surface area contributed by atoms with E-state index >= 15 is 0 Å². The zero-order valence-electron chi connectivity index (χ0n) is 11.6. The van der Waals surface area contributed by atoms with E-state index < -0.39 is 0 Å². The molecule has 4 nitrogen and oxygen atoms in total. The fourth-order valence-electron chi connectivity index (χ4n) is 1.86. The van der Waals surface area contributed by atoms with E-state index in [1.54, 1.807) is 25.3 Å². The molecule has 2 aromatic rings. The zero-order valence-corrected chi connectivity index (χ0v) is 11.6. The van der Waals surface area contributed by atoms with Gasteiger partial charge in [0.2, 0.25) is 0 Å². The van der Waals surface area contributed by atoms with E-state index in [4.69, 9.17) is 20.6 Å². The first-order chi connectivity index (χ1) is 9.60. The Morgan fingerprint density at radius 2 is 1.85 bits per heavy atom. The van der Waals surface area contributed by atoms with Crippen LogP contribution >= 0.6 is 0 Å². The van der Waals surface area contributed by atoms with Crippen LogP contribution in [-0.2, 0) is 6.61 Å². The molecule has 2 rings (SSSR count). The number of nitrogens with one attached hydrogen (secondary N) is 1. The summed E-state index contributed by atoms with van der Waals surface area (Å²) in [6, 6.07) is 13.3. The van der Waals surface area contributed by atoms with Crippen LogP contribution in [0.2, 0.25) is 0 Å². The largest absolute Gasteiger partial charge is 0.497 e. The molecule has 0 aliphatic heterocycles. The van der Waals surface area contributed by atoms with Crippen molar-refractivity contribution in [1.82, 2.24) is 0 Å². The third-order valence-corrected chi connectivity index (χ3v) is 3.08. The molecule has 2 aromatic carbocycles. The Kier molecular flexibility index (Phi) is 4.25. The van der Waals surface area contributed by atoms with Crippen LogP contribution in [0.1, 0.15) is 16.7 Å². The second kappa shape index (κ2) is 6.10. The van der Waals surface area contributed by atoms with Crippen molar-refractivity contribution in [3.05, 3.63) is 59.2 Å². The summed E-state index contributed by atoms with van der Waals surface area (Å²) in [7, 11) is 1.57. The van der Waals surface area contributed by atoms with Crippen molar-refractivity contribution in [3.63, 3.8) is 0 Å². The van der Waals surface area contributed by atoms with E-state index in [0.29, 0.717) is 23.7 Å². The maximum absolute atomic E-state index is 7.50. The van der Waals surface area contributed by atoms with Crippen molar-refractivity contribution >= 4 is 5.84 Å². The predicted octanol–water partition coefficient (Wildman–Crippen LogP) is 2.87. The number of ether oxygens (including phenoxy) is 2. The minimum absolute atomic E-state index is 0.00959. The van der Waals surface area contributed by atoms with Crippen LogP contribution in [0, 0.1) is 12.3 Å². The summed E-state index contributed by atoms with van der Waals surface area (Å²) in [5, 5.41) is 7.50. The molecule has 0 amide bonds. The van der Waals surface area contributed by atoms with Gasteiger partial charge in [-0.2, -0.15) is 0 Å². The first-order valence-electron chi connectivity index (χ1n) is 6.31. The molecular formula is C16H18N2O2. The first kappa shape index (κ1) is 13.9. The predicted molar refractivity (Wildman–Crippen MR) is 79.5 cm³/mol. The quantitative estimate of drug-likeness (QED) is 0.648. The van der Waals surface area contributed by atoms with E-state index in [-0.39, 0.29) is 5.84 Å². The van der Waals surface area contributed by atoms with Crippen LogP contribution in [0.5, 0.6) is 11.5 Å². The molecular weight excluding hydrogens is 252 g/mol. The normalized spacial score (nSPS) is 10.1. The third kappa shape index (κ3) is 3.29. The van der Waals surface area contributed by atoms with Gasteiger partial charge < -0.3 is 15.2 Å². The lowest BCUT2D eigenvalue weighted by molar-refractivity contribution is 0.303. The van der Waals surface area contributed by atoms with E-state index in [9.17, 15) is 0 Å². The van der Waals surface area contributed by atoms with Gasteiger partial charge in [-0.3, -0.25) is 5.41 Å². The average molecular weight is 270 g/mol. The van der Waals surface area contributed by atoms with Gasteiger partial charge in [0.05, 0.1) is 7.11 Å². The summed E-state index contributed by atoms with van der Waals surface area (Å²) in [6.07, 6.45) is 0. The fraction of sp³-hybridized carbons (Fsp3) is 0.188. The van der Waals surface area contributed by atoms with Crippen LogP contribution in [0.3, 0.4) is 0 Å². The zero-order chi connectivity index (χ0) is 14.5. The second-order valence-electron chi connectivity index (χ2n) is 4.53. The van der Waals surface area contributed by atoms with Gasteiger partial charge in [-0.05, 0) is 30.2 Å². The summed E-state index contributed by atoms with van der Waals surface area (Å²) < 4.78 is 11.0. The molecule has 20 heavy (non-hydrogen) atoms. The highest BCUT2D eigenvalue weighted by Crippen LogP contribution is 2.23. The number of rotatable bonds is 5. The molecule has 0 fully saturated rings. The molecule has 0 aliphatic carbocycles. The Labute approximate surface area is 118 Å². The van der Waals surface area contributed by atoms with E-state index in [0.717, 1.165) is 5.56 Å². The highest BCUT2D eigenvalue weighted by molar-refractivity contribution is 5.95. The molecule has 0 saturated heterocycles. The van der Waals surface area contributed by atoms with Crippen LogP contribution in [0.15, 0.2) is 42.5 Å². The lowest BCUT2D eigenvalue weighted by Gasteiger charge is -2.11. The fourth-order valence-corrected chi connectivity index (χ4v) is 1.86. The lowest BCUT2D eigenvalue weighted by atomic mass is 10.1. The molecule has 0 saturated carbocycles. The van der Waals surface area contributed by atoms with Gasteiger partial charge >= 0.3 is 0 Å². The minimum atomic E-state index is -0.00959. The molecule has 4 heteroatoms. The minimum Gasteiger partial charge on any atom is -0.497 e. The SMILES string of the molecule is COc1cc(OCc2ccccc2C)cc(C(=N)N)c1. The van der Waals surface area contributed by atoms with Crippen LogP contribution in [0.4, 0.5) is 0 Å². The van der Waals surface area contributed by atoms with E-state index in [2.05, 4.69) is 0 Å². The number of amidine groups is 1. The maximum Gasteiger partial charge on any atom is 0.124 e. The lowest BCUT2D eigenvalue weighted by Crippen LogP contribution is -2.11. The van der Waals surface area contributed by atoms with Gasteiger partial charge in [-0.25, -0.2) is 0 Å². The molecule has 0 unspecified atom stereocenters. The van der Waals surface area contributed by atoms with E-state index in [1.807, 2.05) is 31.2 Å². The molecule has 0 heterocycles. The Hall–Kier alpha value is -2.49. The molecule has 104 valence electrons. The van der Waals surface area contributed by atoms with Crippen molar-refractivity contribution in [2.45, 2.75) is 13.5 Å². The second-order valence-corrected chi connectivity index (χ2v) is 4.53. The van der Waals surface area contributed by atoms with Crippen LogP contribution in [-0.4, -0.2) is 12.9 Å². The Morgan fingerprint density at radius 1 is 1.15 bits per heavy atom. The van der Waals surface area contributed by atoms with Crippen molar-refractivity contribution < 1.29 is 9.47 Å². The van der Waals surface area contributed by atoms with Gasteiger partial charge in [-0.15, -0.1) is 0 Å². The van der Waals surface area contributed by atoms with Crippen molar-refractivity contribution in [2.24, 2.45) is 5.73 Å². The Balaban J connectivity index is 2.19. The molecule has 0 atom stereocenters. The molecule has 0 aromatic heterocycles. The number of hydrogen-bond donors (Lipinski definition) is 2. The number of benzene rings is 2. The Bertz CT molecular complexity index is 624. The molecule has 0 radical (unpaired) electrons. The third-order valence-electron chi connectivity index (χ3n) is 3.08. The summed E-state index contributed by atoms with van der Waals surface area (Å²) in [5.74, 6) is 1.25. The summed E-state index contributed by atoms with van der Waals surface area (Å²) in [5.41, 5.74) is 8.40. The molecule has 0 aliphatic rings. The molecule has 0 bridgehead atoms. The van der Waals surface area contributed by atoms with E-state index in [1.165, 1.54) is 5.56 Å². The van der Waals surface area contributed by atoms with Gasteiger partial charge in [0.15, 0.2) is 0 Å². The van der Waals surface area contributed by atoms with Crippen molar-refractivity contribution in [1.29, 1.82) is 5.41 Å². The van der Waals surface area contributed by atoms with Crippen LogP contribution < -0.4 is 15.2 Å². The number of nitrogens with two attached hydrogens (primary N) is 1. The maximum atomic E-state index is 7.50. The summed E-state index contributed by atoms with van der Waals surface area (Å²) in [4.78, 5) is 0. The van der Waals surface area contributed by atoms with Crippen molar-refractivity contribution in [3.8, 4) is 11.5 Å². The Morgan fingerprint density at radius 3 is 2.50 bits per heavy atom. The first-order valence-corrected chi connectivity index (χ1v) is 6.31. The number of nitrogen functional groups attached to an aromatic ring is 1. The standard InChI is InChI=1S/C16H18N2O2/c1-11-5-3-4-6-12(11)10-20-15-8-13(16(17)18)7-14(9-15)19-2/h3-9H,10H2,1-2H3,(H3,17,18). The van der Waals surface area contributed by atoms with Gasteiger partial charge in [-0.1, -0.05) is 24.3 Å². The average Bonchev–Trinajstić information content (AvgIpc) is 2.46. The highest BCUT2D eigenvalue weighted by Gasteiger charge is 2.06. The molecule has 3 N–H and O–H groups in total. The topological polar surface area (TPSA) is 68.3 Å². The van der Waals surface area contributed by atoms with Crippen LogP contribution in [0.25, 0.3) is 0 Å². The highest BCUT2D eigenvalue weighted by atomic mass is 16.5. The smallest absolute Gasteiger partial charge is 0.124 e. The number of methoxy groups -OCH3 is 1. The molecule has 0 spiro atoms. The van der Waals surface area contributed by atoms with Crippen molar-refractivity contribution in [2.75, 3.05) is 7.11 Å². The summed E-state index contributed by atoms with van der Waals surface area (Å²) in [6.45, 7) is 2.52. The van der Waals surface area contributed by atoms with Gasteiger partial charge in [0.25, 0.3) is 0 Å². The van der Waals surface area contributed by atoms with Gasteiger partial charge in [0, 0.05) is 11.6 Å². The number of aryl methyl sites for hydroxylation is 1. The van der Waals surface area contributed by atoms with Gasteiger partial charge in [0.1, 0.15) is 23.9 Å². The number of hydrogen-bond acceptors (Lipinski definition) is 3. The summed E-state index contributed by atoms with van der Waals surface area (Å²) >= 11 is 0.